The lowest BCUT2D eigenvalue weighted by atomic mass is 10.0. The van der Waals surface area contributed by atoms with E-state index in [9.17, 15) is 4.79 Å². The molecular weight excluding hydrogens is 176 g/mol. The van der Waals surface area contributed by atoms with Gasteiger partial charge in [0.1, 0.15) is 5.92 Å². The van der Waals surface area contributed by atoms with Gasteiger partial charge in [0.15, 0.2) is 0 Å². The summed E-state index contributed by atoms with van der Waals surface area (Å²) in [6.45, 7) is 4.77. The van der Waals surface area contributed by atoms with Gasteiger partial charge in [-0.3, -0.25) is 4.79 Å². The lowest BCUT2D eigenvalue weighted by Gasteiger charge is -2.14. The van der Waals surface area contributed by atoms with Crippen LogP contribution in [-0.4, -0.2) is 12.5 Å². The number of nitrogens with one attached hydrogen (secondary N) is 1. The lowest BCUT2D eigenvalue weighted by Crippen LogP contribution is -2.34. The second kappa shape index (κ2) is 4.45. The number of hydrogen-bond acceptors (Lipinski definition) is 2. The molecule has 1 unspecified atom stereocenters. The van der Waals surface area contributed by atoms with Crippen LogP contribution < -0.4 is 5.32 Å². The van der Waals surface area contributed by atoms with Gasteiger partial charge in [0.2, 0.25) is 5.91 Å². The van der Waals surface area contributed by atoms with Crippen LogP contribution >= 0.6 is 0 Å². The minimum atomic E-state index is -0.470. The SMILES string of the molecule is CCC(C#N)C(=O)NCC1(CC)CC1. The molecule has 1 aliphatic rings. The molecule has 0 aliphatic heterocycles. The second-order valence-electron chi connectivity index (χ2n) is 4.16. The van der Waals surface area contributed by atoms with Gasteiger partial charge in [-0.2, -0.15) is 5.26 Å². The Balaban J connectivity index is 2.31. The molecule has 14 heavy (non-hydrogen) atoms. The third-order valence-corrected chi connectivity index (χ3v) is 3.23. The average Bonchev–Trinajstić information content (AvgIpc) is 2.97. The van der Waals surface area contributed by atoms with E-state index in [-0.39, 0.29) is 5.91 Å². The van der Waals surface area contributed by atoms with Crippen LogP contribution in [0.4, 0.5) is 0 Å². The Morgan fingerprint density at radius 3 is 2.57 bits per heavy atom. The minimum Gasteiger partial charge on any atom is -0.354 e. The van der Waals surface area contributed by atoms with Crippen molar-refractivity contribution in [1.82, 2.24) is 5.32 Å². The fourth-order valence-electron chi connectivity index (χ4n) is 1.57. The summed E-state index contributed by atoms with van der Waals surface area (Å²) in [5.74, 6) is -0.572. The zero-order chi connectivity index (χ0) is 10.6. The van der Waals surface area contributed by atoms with Crippen molar-refractivity contribution in [3.63, 3.8) is 0 Å². The van der Waals surface area contributed by atoms with Crippen LogP contribution in [0.3, 0.4) is 0 Å². The highest BCUT2D eigenvalue weighted by Crippen LogP contribution is 2.47. The summed E-state index contributed by atoms with van der Waals surface area (Å²) < 4.78 is 0. The summed E-state index contributed by atoms with van der Waals surface area (Å²) in [4.78, 5) is 11.5. The van der Waals surface area contributed by atoms with Gasteiger partial charge in [-0.15, -0.1) is 0 Å². The summed E-state index contributed by atoms with van der Waals surface area (Å²) in [6.07, 6.45) is 4.15. The van der Waals surface area contributed by atoms with Crippen LogP contribution in [0, 0.1) is 22.7 Å². The van der Waals surface area contributed by atoms with Gasteiger partial charge in [-0.1, -0.05) is 13.8 Å². The molecule has 0 radical (unpaired) electrons. The molecule has 0 aromatic carbocycles. The molecule has 0 bridgehead atoms. The molecular formula is C11H18N2O. The predicted molar refractivity (Wildman–Crippen MR) is 54.4 cm³/mol. The lowest BCUT2D eigenvalue weighted by molar-refractivity contribution is -0.123. The number of nitrogens with zero attached hydrogens (tertiary/aromatic N) is 1. The van der Waals surface area contributed by atoms with Crippen molar-refractivity contribution < 1.29 is 4.79 Å². The van der Waals surface area contributed by atoms with Crippen LogP contribution in [0.1, 0.15) is 39.5 Å². The molecule has 0 heterocycles. The Bertz CT molecular complexity index is 251. The van der Waals surface area contributed by atoms with E-state index >= 15 is 0 Å². The average molecular weight is 194 g/mol. The van der Waals surface area contributed by atoms with Crippen molar-refractivity contribution >= 4 is 5.91 Å². The molecule has 1 atom stereocenters. The van der Waals surface area contributed by atoms with Crippen LogP contribution in [0.15, 0.2) is 0 Å². The first-order valence-corrected chi connectivity index (χ1v) is 5.35. The second-order valence-corrected chi connectivity index (χ2v) is 4.16. The summed E-state index contributed by atoms with van der Waals surface area (Å²) in [5.41, 5.74) is 0.364. The smallest absolute Gasteiger partial charge is 0.237 e. The van der Waals surface area contributed by atoms with E-state index in [2.05, 4.69) is 12.2 Å². The molecule has 1 N–H and O–H groups in total. The van der Waals surface area contributed by atoms with Gasteiger partial charge >= 0.3 is 0 Å². The van der Waals surface area contributed by atoms with E-state index in [1.807, 2.05) is 13.0 Å². The quantitative estimate of drug-likeness (QED) is 0.726. The molecule has 1 amide bonds. The molecule has 1 fully saturated rings. The number of nitriles is 1. The summed E-state index contributed by atoms with van der Waals surface area (Å²) in [7, 11) is 0. The standard InChI is InChI=1S/C11H18N2O/c1-3-9(7-12)10(14)13-8-11(4-2)5-6-11/h9H,3-6,8H2,1-2H3,(H,13,14). The molecule has 1 saturated carbocycles. The Kier molecular flexibility index (Phi) is 3.51. The fraction of sp³-hybridized carbons (Fsp3) is 0.818. The van der Waals surface area contributed by atoms with Gasteiger partial charge in [0.05, 0.1) is 6.07 Å². The van der Waals surface area contributed by atoms with Crippen molar-refractivity contribution in [2.45, 2.75) is 39.5 Å². The van der Waals surface area contributed by atoms with Crippen molar-refractivity contribution in [1.29, 1.82) is 5.26 Å². The topological polar surface area (TPSA) is 52.9 Å². The minimum absolute atomic E-state index is 0.102. The Hall–Kier alpha value is -1.04. The van der Waals surface area contributed by atoms with E-state index in [1.54, 1.807) is 0 Å². The summed E-state index contributed by atoms with van der Waals surface area (Å²) >= 11 is 0. The summed E-state index contributed by atoms with van der Waals surface area (Å²) in [6, 6.07) is 2.01. The Labute approximate surface area is 85.5 Å². The van der Waals surface area contributed by atoms with Crippen molar-refractivity contribution in [3.8, 4) is 6.07 Å². The highest BCUT2D eigenvalue weighted by molar-refractivity contribution is 5.81. The molecule has 0 aromatic heterocycles. The highest BCUT2D eigenvalue weighted by Gasteiger charge is 2.40. The zero-order valence-corrected chi connectivity index (χ0v) is 8.97. The molecule has 0 aromatic rings. The Morgan fingerprint density at radius 1 is 1.57 bits per heavy atom. The van der Waals surface area contributed by atoms with Crippen molar-refractivity contribution in [2.75, 3.05) is 6.54 Å². The van der Waals surface area contributed by atoms with Crippen molar-refractivity contribution in [3.05, 3.63) is 0 Å². The first-order valence-electron chi connectivity index (χ1n) is 5.35. The van der Waals surface area contributed by atoms with Gasteiger partial charge in [0, 0.05) is 6.54 Å². The number of carbonyl (C=O) groups is 1. The van der Waals surface area contributed by atoms with Crippen molar-refractivity contribution in [2.24, 2.45) is 11.3 Å². The molecule has 1 rings (SSSR count). The molecule has 3 nitrogen and oxygen atoms in total. The van der Waals surface area contributed by atoms with Gasteiger partial charge in [-0.05, 0) is 31.1 Å². The molecule has 0 spiro atoms. The first kappa shape index (κ1) is 11.0. The van der Waals surface area contributed by atoms with Gasteiger partial charge < -0.3 is 5.32 Å². The largest absolute Gasteiger partial charge is 0.354 e. The van der Waals surface area contributed by atoms with Crippen LogP contribution in [0.25, 0.3) is 0 Å². The Morgan fingerprint density at radius 2 is 2.21 bits per heavy atom. The monoisotopic (exact) mass is 194 g/mol. The number of hydrogen-bond donors (Lipinski definition) is 1. The first-order chi connectivity index (χ1) is 6.67. The number of carbonyl (C=O) groups excluding carboxylic acids is 1. The van der Waals surface area contributed by atoms with Crippen LogP contribution in [0.5, 0.6) is 0 Å². The highest BCUT2D eigenvalue weighted by atomic mass is 16.1. The van der Waals surface area contributed by atoms with E-state index in [0.717, 1.165) is 13.0 Å². The predicted octanol–water partition coefficient (Wildman–Crippen LogP) is 1.84. The maximum atomic E-state index is 11.5. The molecule has 3 heteroatoms. The molecule has 0 saturated heterocycles. The molecule has 1 aliphatic carbocycles. The third kappa shape index (κ3) is 2.47. The molecule has 78 valence electrons. The number of rotatable bonds is 5. The van der Waals surface area contributed by atoms with E-state index in [1.165, 1.54) is 12.8 Å². The summed E-state index contributed by atoms with van der Waals surface area (Å²) in [5, 5.41) is 11.6. The number of amides is 1. The maximum Gasteiger partial charge on any atom is 0.237 e. The van der Waals surface area contributed by atoms with E-state index in [4.69, 9.17) is 5.26 Å². The van der Waals surface area contributed by atoms with Crippen LogP contribution in [-0.2, 0) is 4.79 Å². The van der Waals surface area contributed by atoms with Crippen LogP contribution in [0.2, 0.25) is 0 Å². The van der Waals surface area contributed by atoms with E-state index < -0.39 is 5.92 Å². The van der Waals surface area contributed by atoms with Gasteiger partial charge in [-0.25, -0.2) is 0 Å². The normalized spacial score (nSPS) is 19.5. The van der Waals surface area contributed by atoms with Gasteiger partial charge in [0.25, 0.3) is 0 Å². The fourth-order valence-corrected chi connectivity index (χ4v) is 1.57. The van der Waals surface area contributed by atoms with E-state index in [0.29, 0.717) is 11.8 Å². The zero-order valence-electron chi connectivity index (χ0n) is 8.97. The maximum absolute atomic E-state index is 11.5. The third-order valence-electron chi connectivity index (χ3n) is 3.23.